The Morgan fingerprint density at radius 2 is 1.29 bits per heavy atom. The average molecular weight is 708 g/mol. The normalized spacial score (nSPS) is 15.5. The fourth-order valence-electron chi connectivity index (χ4n) is 8.27. The van der Waals surface area contributed by atoms with Gasteiger partial charge in [-0.1, -0.05) is 121 Å². The van der Waals surface area contributed by atoms with Gasteiger partial charge in [0.25, 0.3) is 0 Å². The lowest BCUT2D eigenvalue weighted by Crippen LogP contribution is -2.28. The van der Waals surface area contributed by atoms with Gasteiger partial charge in [0.1, 0.15) is 5.52 Å². The van der Waals surface area contributed by atoms with Crippen molar-refractivity contribution < 1.29 is 4.42 Å². The van der Waals surface area contributed by atoms with Gasteiger partial charge in [0.15, 0.2) is 17.2 Å². The number of hydrogen-bond donors (Lipinski definition) is 0. The summed E-state index contributed by atoms with van der Waals surface area (Å²) in [5.41, 5.74) is 10.9. The highest BCUT2D eigenvalue weighted by molar-refractivity contribution is 5.97. The summed E-state index contributed by atoms with van der Waals surface area (Å²) in [4.78, 5) is 22.7. The molecule has 2 unspecified atom stereocenters. The van der Waals surface area contributed by atoms with Crippen LogP contribution >= 0.6 is 0 Å². The molecule has 0 amide bonds. The van der Waals surface area contributed by atoms with Crippen molar-refractivity contribution in [2.24, 2.45) is 0 Å². The molecule has 55 heavy (non-hydrogen) atoms. The summed E-state index contributed by atoms with van der Waals surface area (Å²) in [6, 6.07) is 52.8. The van der Waals surface area contributed by atoms with Gasteiger partial charge in [-0.25, -0.2) is 9.97 Å². The molecule has 0 bridgehead atoms. The first-order chi connectivity index (χ1) is 27.2. The smallest absolute Gasteiger partial charge is 0.234 e. The summed E-state index contributed by atoms with van der Waals surface area (Å²) < 4.78 is 9.00. The maximum atomic E-state index is 9.59. The zero-order valence-electron chi connectivity index (χ0n) is 29.3. The molecule has 2 aliphatic rings. The standard InChI is InChI=1S/C47H29N7O/c48-28-29-13-11-18-32(27-29)46-49-37-21-12-24-40(43(37)55-46)53-38-22-9-7-19-33(38)35-25-26-36-34-20-8-10-23-39(34)54(42(36)41(35)53)47-51-44(30-14-3-1-4-15-30)50-45(52-47)31-16-5-2-6-17-31/h1-27,36,42H. The van der Waals surface area contributed by atoms with Crippen LogP contribution in [0.15, 0.2) is 162 Å². The molecule has 258 valence electrons. The van der Waals surface area contributed by atoms with E-state index < -0.39 is 0 Å². The fourth-order valence-corrected chi connectivity index (χ4v) is 8.27. The lowest BCUT2D eigenvalue weighted by atomic mass is 9.86. The molecule has 1 aliphatic carbocycles. The number of anilines is 2. The maximum Gasteiger partial charge on any atom is 0.234 e. The number of aromatic nitrogens is 5. The Morgan fingerprint density at radius 3 is 2.07 bits per heavy atom. The van der Waals surface area contributed by atoms with Crippen molar-refractivity contribution in [1.82, 2.24) is 24.5 Å². The van der Waals surface area contributed by atoms with E-state index in [1.807, 2.05) is 91.0 Å². The van der Waals surface area contributed by atoms with Crippen molar-refractivity contribution in [2.75, 3.05) is 4.90 Å². The van der Waals surface area contributed by atoms with E-state index in [1.165, 1.54) is 5.56 Å². The summed E-state index contributed by atoms with van der Waals surface area (Å²) in [5, 5.41) is 10.7. The highest BCUT2D eigenvalue weighted by atomic mass is 16.3. The Labute approximate surface area is 316 Å². The molecule has 0 N–H and O–H groups in total. The summed E-state index contributed by atoms with van der Waals surface area (Å²) in [6.07, 6.45) is 4.60. The molecular weight excluding hydrogens is 679 g/mol. The minimum atomic E-state index is -0.218. The molecule has 2 atom stereocenters. The van der Waals surface area contributed by atoms with Gasteiger partial charge in [0.05, 0.1) is 34.6 Å². The van der Waals surface area contributed by atoms with Crippen molar-refractivity contribution in [1.29, 1.82) is 5.26 Å². The predicted octanol–water partition coefficient (Wildman–Crippen LogP) is 10.8. The molecule has 0 saturated heterocycles. The second-order valence-corrected chi connectivity index (χ2v) is 13.8. The van der Waals surface area contributed by atoms with Crippen molar-refractivity contribution in [3.63, 3.8) is 0 Å². The van der Waals surface area contributed by atoms with Crippen molar-refractivity contribution >= 4 is 39.7 Å². The second-order valence-electron chi connectivity index (χ2n) is 13.8. The monoisotopic (exact) mass is 707 g/mol. The van der Waals surface area contributed by atoms with Crippen LogP contribution in [0, 0.1) is 11.3 Å². The van der Waals surface area contributed by atoms with Gasteiger partial charge in [-0.3, -0.25) is 0 Å². The Bertz CT molecular complexity index is 2970. The molecule has 0 spiro atoms. The Balaban J connectivity index is 1.17. The number of hydrogen-bond acceptors (Lipinski definition) is 7. The van der Waals surface area contributed by atoms with Crippen LogP contribution in [0.4, 0.5) is 11.6 Å². The zero-order valence-corrected chi connectivity index (χ0v) is 29.3. The molecule has 0 radical (unpaired) electrons. The summed E-state index contributed by atoms with van der Waals surface area (Å²) in [5.74, 6) is 2.25. The Morgan fingerprint density at radius 1 is 0.618 bits per heavy atom. The van der Waals surface area contributed by atoms with Crippen LogP contribution < -0.4 is 4.90 Å². The van der Waals surface area contributed by atoms with Gasteiger partial charge >= 0.3 is 0 Å². The highest BCUT2D eigenvalue weighted by Gasteiger charge is 2.45. The average Bonchev–Trinajstić information content (AvgIpc) is 3.95. The van der Waals surface area contributed by atoms with Crippen molar-refractivity contribution in [3.05, 3.63) is 180 Å². The van der Waals surface area contributed by atoms with Crippen molar-refractivity contribution in [2.45, 2.75) is 12.0 Å². The fraction of sp³-hybridized carbons (Fsp3) is 0.0426. The third-order valence-electron chi connectivity index (χ3n) is 10.7. The van der Waals surface area contributed by atoms with Crippen LogP contribution in [-0.2, 0) is 0 Å². The minimum Gasteiger partial charge on any atom is -0.434 e. The minimum absolute atomic E-state index is 0.00193. The van der Waals surface area contributed by atoms with Crippen molar-refractivity contribution in [3.8, 4) is 46.0 Å². The summed E-state index contributed by atoms with van der Waals surface area (Å²) >= 11 is 0. The van der Waals surface area contributed by atoms with E-state index >= 15 is 0 Å². The highest BCUT2D eigenvalue weighted by Crippen LogP contribution is 2.57. The van der Waals surface area contributed by atoms with Crippen LogP contribution in [0.1, 0.15) is 34.3 Å². The number of nitriles is 1. The molecule has 4 heterocycles. The number of nitrogens with zero attached hydrogens (tertiary/aromatic N) is 7. The molecule has 3 aromatic heterocycles. The first-order valence-electron chi connectivity index (χ1n) is 18.2. The number of rotatable bonds is 5. The van der Waals surface area contributed by atoms with E-state index in [2.05, 4.69) is 82.3 Å². The van der Waals surface area contributed by atoms with E-state index in [0.717, 1.165) is 55.7 Å². The summed E-state index contributed by atoms with van der Waals surface area (Å²) in [6.45, 7) is 0. The van der Waals surface area contributed by atoms with E-state index in [1.54, 1.807) is 6.07 Å². The number of fused-ring (bicyclic) bond motifs is 8. The molecule has 11 rings (SSSR count). The Hall–Kier alpha value is -7.63. The largest absolute Gasteiger partial charge is 0.434 e. The molecule has 9 aromatic rings. The third-order valence-corrected chi connectivity index (χ3v) is 10.7. The van der Waals surface area contributed by atoms with Crippen LogP contribution in [0.3, 0.4) is 0 Å². The van der Waals surface area contributed by atoms with Gasteiger partial charge < -0.3 is 13.9 Å². The molecule has 0 saturated carbocycles. The number of oxazole rings is 1. The van der Waals surface area contributed by atoms with E-state index in [-0.39, 0.29) is 12.0 Å². The van der Waals surface area contributed by atoms with E-state index in [0.29, 0.717) is 34.6 Å². The molecule has 6 aromatic carbocycles. The SMILES string of the molecule is N#Cc1cccc(-c2nc3cccc(-n4c5c(c6ccccc64)C=CC4c6ccccc6N(c6nc(-c7ccccc7)nc(-c7ccccc7)n6)C54)c3o2)c1. The number of benzene rings is 6. The van der Waals surface area contributed by atoms with Crippen LogP contribution in [0.5, 0.6) is 0 Å². The lowest BCUT2D eigenvalue weighted by Gasteiger charge is -2.32. The first-order valence-corrected chi connectivity index (χ1v) is 18.2. The second kappa shape index (κ2) is 12.2. The predicted molar refractivity (Wildman–Crippen MR) is 215 cm³/mol. The van der Waals surface area contributed by atoms with Gasteiger partial charge in [-0.15, -0.1) is 0 Å². The van der Waals surface area contributed by atoms with Crippen LogP contribution in [-0.4, -0.2) is 24.5 Å². The van der Waals surface area contributed by atoms with Gasteiger partial charge in [0, 0.05) is 39.2 Å². The van der Waals surface area contributed by atoms with Gasteiger partial charge in [0.2, 0.25) is 11.8 Å². The third kappa shape index (κ3) is 4.84. The molecule has 0 fully saturated rings. The zero-order chi connectivity index (χ0) is 36.5. The van der Waals surface area contributed by atoms with Gasteiger partial charge in [-0.2, -0.15) is 15.2 Å². The van der Waals surface area contributed by atoms with E-state index in [4.69, 9.17) is 24.4 Å². The van der Waals surface area contributed by atoms with Gasteiger partial charge in [-0.05, 0) is 48.0 Å². The summed E-state index contributed by atoms with van der Waals surface area (Å²) in [7, 11) is 0. The lowest BCUT2D eigenvalue weighted by molar-refractivity contribution is 0.608. The number of para-hydroxylation sites is 3. The van der Waals surface area contributed by atoms with E-state index in [9.17, 15) is 5.26 Å². The maximum absolute atomic E-state index is 9.59. The molecule has 8 heteroatoms. The quantitative estimate of drug-likeness (QED) is 0.176. The topological polar surface area (TPSA) is 96.7 Å². The molecule has 1 aliphatic heterocycles. The van der Waals surface area contributed by atoms with Crippen LogP contribution in [0.2, 0.25) is 0 Å². The molecule has 8 nitrogen and oxygen atoms in total. The molecular formula is C47H29N7O. The Kier molecular flexibility index (Phi) is 6.88. The van der Waals surface area contributed by atoms with Crippen LogP contribution in [0.25, 0.3) is 68.0 Å². The first kappa shape index (κ1) is 30.9.